The van der Waals surface area contributed by atoms with Crippen molar-refractivity contribution < 1.29 is 4.79 Å². The lowest BCUT2D eigenvalue weighted by atomic mass is 9.84. The van der Waals surface area contributed by atoms with Gasteiger partial charge in [-0.2, -0.15) is 0 Å². The Balaban J connectivity index is 1.61. The third-order valence-electron chi connectivity index (χ3n) is 6.22. The van der Waals surface area contributed by atoms with Gasteiger partial charge in [-0.3, -0.25) is 4.79 Å². The van der Waals surface area contributed by atoms with Crippen molar-refractivity contribution in [1.82, 2.24) is 20.3 Å². The minimum absolute atomic E-state index is 0.000973. The van der Waals surface area contributed by atoms with Crippen molar-refractivity contribution in [3.05, 3.63) is 52.9 Å². The largest absolute Gasteiger partial charge is 0.365 e. The summed E-state index contributed by atoms with van der Waals surface area (Å²) in [6.45, 7) is 2.68. The van der Waals surface area contributed by atoms with Gasteiger partial charge in [0.2, 0.25) is 0 Å². The maximum Gasteiger partial charge on any atom is 0.253 e. The second-order valence-electron chi connectivity index (χ2n) is 8.10. The first-order valence-corrected chi connectivity index (χ1v) is 9.89. The molecule has 0 saturated heterocycles. The number of nitrogens with one attached hydrogen (secondary N) is 3. The Morgan fingerprint density at radius 2 is 2.04 bits per heavy atom. The standard InChI is InChI=1S/C22H21N5O/c1-11-21-25-14-7-12(8-14)5-6-13-10-23-22(28)16-9-18(26-19(13)16)15-3-2-4-17(24-11)20(15)27-21/h2-5,9,13-14,26H,6-8,10H2,1H3,(H,23,28)(H,25,27)/t13-,14?/m0/s1. The fourth-order valence-corrected chi connectivity index (χ4v) is 4.60. The SMILES string of the molecule is Cc1nc2cccc3c2nc1NC1CC(=CC[C@H]2CNC(=O)c4cc-3[nH]c42)C1. The summed E-state index contributed by atoms with van der Waals surface area (Å²) in [4.78, 5) is 25.7. The number of fused-ring (bicyclic) bond motifs is 1. The van der Waals surface area contributed by atoms with Crippen molar-refractivity contribution in [2.45, 2.75) is 38.1 Å². The van der Waals surface area contributed by atoms with Gasteiger partial charge in [0.15, 0.2) is 0 Å². The Morgan fingerprint density at radius 1 is 1.14 bits per heavy atom. The molecule has 0 radical (unpaired) electrons. The number of carbonyl (C=O) groups excluding carboxylic acids is 1. The summed E-state index contributed by atoms with van der Waals surface area (Å²) >= 11 is 0. The number of anilines is 1. The van der Waals surface area contributed by atoms with Crippen LogP contribution < -0.4 is 10.6 Å². The maximum absolute atomic E-state index is 12.5. The molecule has 1 saturated carbocycles. The van der Waals surface area contributed by atoms with Gasteiger partial charge in [0, 0.05) is 35.5 Å². The van der Waals surface area contributed by atoms with Crippen molar-refractivity contribution in [3.63, 3.8) is 0 Å². The Kier molecular flexibility index (Phi) is 3.21. The van der Waals surface area contributed by atoms with Crippen LogP contribution in [0, 0.1) is 6.92 Å². The van der Waals surface area contributed by atoms with Crippen LogP contribution in [0.25, 0.3) is 22.3 Å². The van der Waals surface area contributed by atoms with Crippen LogP contribution in [-0.4, -0.2) is 33.4 Å². The molecule has 1 amide bonds. The normalized spacial score (nSPS) is 22.8. The molecule has 1 atom stereocenters. The zero-order valence-electron chi connectivity index (χ0n) is 15.7. The van der Waals surface area contributed by atoms with Crippen LogP contribution in [-0.2, 0) is 0 Å². The van der Waals surface area contributed by atoms with E-state index in [1.165, 1.54) is 5.57 Å². The second-order valence-corrected chi connectivity index (χ2v) is 8.10. The van der Waals surface area contributed by atoms with Crippen LogP contribution in [0.5, 0.6) is 0 Å². The smallest absolute Gasteiger partial charge is 0.253 e. The summed E-state index contributed by atoms with van der Waals surface area (Å²) in [5.74, 6) is 1.13. The maximum atomic E-state index is 12.5. The zero-order valence-corrected chi connectivity index (χ0v) is 15.7. The number of allylic oxidation sites excluding steroid dienone is 1. The molecule has 6 heteroatoms. The first kappa shape index (κ1) is 15.9. The van der Waals surface area contributed by atoms with Gasteiger partial charge in [0.1, 0.15) is 11.3 Å². The van der Waals surface area contributed by atoms with Crippen LogP contribution in [0.15, 0.2) is 35.9 Å². The number of nitrogens with zero attached hydrogens (tertiary/aromatic N) is 2. The van der Waals surface area contributed by atoms with Gasteiger partial charge in [-0.25, -0.2) is 9.97 Å². The van der Waals surface area contributed by atoms with E-state index in [0.29, 0.717) is 12.6 Å². The Bertz CT molecular complexity index is 1170. The molecular weight excluding hydrogens is 350 g/mol. The van der Waals surface area contributed by atoms with Crippen LogP contribution in [0.1, 0.15) is 46.9 Å². The van der Waals surface area contributed by atoms with E-state index in [-0.39, 0.29) is 11.8 Å². The molecule has 2 aromatic heterocycles. The molecule has 4 aliphatic rings. The van der Waals surface area contributed by atoms with E-state index in [1.807, 2.05) is 31.2 Å². The van der Waals surface area contributed by atoms with Crippen LogP contribution in [0.4, 0.5) is 5.82 Å². The molecule has 0 unspecified atom stereocenters. The highest BCUT2D eigenvalue weighted by Gasteiger charge is 2.30. The second kappa shape index (κ2) is 5.67. The average Bonchev–Trinajstić information content (AvgIpc) is 3.10. The molecule has 1 aromatic carbocycles. The van der Waals surface area contributed by atoms with E-state index in [9.17, 15) is 4.79 Å². The molecule has 6 nitrogen and oxygen atoms in total. The topological polar surface area (TPSA) is 82.7 Å². The predicted octanol–water partition coefficient (Wildman–Crippen LogP) is 3.66. The highest BCUT2D eigenvalue weighted by molar-refractivity contribution is 6.00. The number of carbonyl (C=O) groups is 1. The van der Waals surface area contributed by atoms with Gasteiger partial charge < -0.3 is 15.6 Å². The fourth-order valence-electron chi connectivity index (χ4n) is 4.60. The van der Waals surface area contributed by atoms with Gasteiger partial charge in [-0.05, 0) is 38.3 Å². The minimum atomic E-state index is -0.000973. The first-order chi connectivity index (χ1) is 13.7. The molecule has 3 N–H and O–H groups in total. The molecule has 5 heterocycles. The summed E-state index contributed by atoms with van der Waals surface area (Å²) < 4.78 is 0. The lowest BCUT2D eigenvalue weighted by molar-refractivity contribution is 0.0940. The van der Waals surface area contributed by atoms with E-state index in [2.05, 4.69) is 21.7 Å². The number of hydrogen-bond acceptors (Lipinski definition) is 4. The van der Waals surface area contributed by atoms with Crippen molar-refractivity contribution in [1.29, 1.82) is 0 Å². The van der Waals surface area contributed by atoms with Gasteiger partial charge in [-0.15, -0.1) is 0 Å². The van der Waals surface area contributed by atoms with E-state index < -0.39 is 0 Å². The molecule has 1 fully saturated rings. The van der Waals surface area contributed by atoms with Crippen molar-refractivity contribution >= 4 is 22.8 Å². The van der Waals surface area contributed by atoms with Crippen molar-refractivity contribution in [2.24, 2.45) is 0 Å². The van der Waals surface area contributed by atoms with E-state index in [0.717, 1.165) is 64.3 Å². The molecule has 7 rings (SSSR count). The molecule has 3 aromatic rings. The Morgan fingerprint density at radius 3 is 2.93 bits per heavy atom. The van der Waals surface area contributed by atoms with E-state index in [4.69, 9.17) is 9.97 Å². The van der Waals surface area contributed by atoms with Gasteiger partial charge in [-0.1, -0.05) is 23.8 Å². The van der Waals surface area contributed by atoms with Crippen molar-refractivity contribution in [2.75, 3.05) is 11.9 Å². The number of para-hydroxylation sites is 1. The molecule has 28 heavy (non-hydrogen) atoms. The molecule has 0 spiro atoms. The van der Waals surface area contributed by atoms with Crippen LogP contribution in [0.3, 0.4) is 0 Å². The van der Waals surface area contributed by atoms with Gasteiger partial charge in [0.25, 0.3) is 5.91 Å². The number of H-pyrrole nitrogens is 1. The number of aromatic nitrogens is 3. The van der Waals surface area contributed by atoms with E-state index >= 15 is 0 Å². The number of amides is 1. The number of aromatic amines is 1. The monoisotopic (exact) mass is 371 g/mol. The third kappa shape index (κ3) is 2.30. The molecule has 6 bridgehead atoms. The quantitative estimate of drug-likeness (QED) is 0.527. The first-order valence-electron chi connectivity index (χ1n) is 9.89. The summed E-state index contributed by atoms with van der Waals surface area (Å²) in [5.41, 5.74) is 7.83. The number of rotatable bonds is 0. The highest BCUT2D eigenvalue weighted by Crippen LogP contribution is 2.37. The predicted molar refractivity (Wildman–Crippen MR) is 108 cm³/mol. The molecule has 1 aliphatic carbocycles. The highest BCUT2D eigenvalue weighted by atomic mass is 16.1. The molecule has 140 valence electrons. The Labute approximate surface area is 162 Å². The summed E-state index contributed by atoms with van der Waals surface area (Å²) in [7, 11) is 0. The van der Waals surface area contributed by atoms with Crippen LogP contribution in [0.2, 0.25) is 0 Å². The van der Waals surface area contributed by atoms with Crippen LogP contribution >= 0.6 is 0 Å². The summed E-state index contributed by atoms with van der Waals surface area (Å²) in [5, 5.41) is 6.63. The minimum Gasteiger partial charge on any atom is -0.365 e. The van der Waals surface area contributed by atoms with Gasteiger partial charge in [0.05, 0.1) is 16.8 Å². The number of benzene rings is 1. The van der Waals surface area contributed by atoms with Crippen molar-refractivity contribution in [3.8, 4) is 11.3 Å². The average molecular weight is 371 g/mol. The fraction of sp³-hybridized carbons (Fsp3) is 0.318. The summed E-state index contributed by atoms with van der Waals surface area (Å²) in [6, 6.07) is 8.43. The Hall–Kier alpha value is -3.15. The van der Waals surface area contributed by atoms with Gasteiger partial charge >= 0.3 is 0 Å². The summed E-state index contributed by atoms with van der Waals surface area (Å²) in [6.07, 6.45) is 5.39. The lowest BCUT2D eigenvalue weighted by Gasteiger charge is -2.32. The third-order valence-corrected chi connectivity index (χ3v) is 6.22. The molecule has 3 aliphatic heterocycles. The molecular formula is C22H21N5O. The number of hydrogen-bond donors (Lipinski definition) is 3. The van der Waals surface area contributed by atoms with E-state index in [1.54, 1.807) is 0 Å². The zero-order chi connectivity index (χ0) is 18.8. The lowest BCUT2D eigenvalue weighted by Crippen LogP contribution is -2.34. The number of aryl methyl sites for hydroxylation is 1.